The van der Waals surface area contributed by atoms with Gasteiger partial charge < -0.3 is 10.4 Å². The van der Waals surface area contributed by atoms with Crippen molar-refractivity contribution in [2.24, 2.45) is 5.41 Å². The van der Waals surface area contributed by atoms with Gasteiger partial charge in [0.05, 0.1) is 6.04 Å². The van der Waals surface area contributed by atoms with Crippen LogP contribution in [0.1, 0.15) is 45.4 Å². The minimum atomic E-state index is 0.0997. The molecular formula is C13H23NO. The van der Waals surface area contributed by atoms with Crippen molar-refractivity contribution in [3.63, 3.8) is 0 Å². The summed E-state index contributed by atoms with van der Waals surface area (Å²) in [6.07, 6.45) is 12.4. The third-order valence-electron chi connectivity index (χ3n) is 3.58. The number of nitrogens with one attached hydrogen (secondary N) is 1. The highest BCUT2D eigenvalue weighted by atomic mass is 16.3. The van der Waals surface area contributed by atoms with Gasteiger partial charge in [0.1, 0.15) is 0 Å². The molecule has 1 atom stereocenters. The second kappa shape index (κ2) is 6.15. The zero-order chi connectivity index (χ0) is 11.1. The average molecular weight is 209 g/mol. The van der Waals surface area contributed by atoms with Crippen molar-refractivity contribution in [1.29, 1.82) is 0 Å². The minimum Gasteiger partial charge on any atom is -0.396 e. The van der Waals surface area contributed by atoms with Crippen molar-refractivity contribution in [2.75, 3.05) is 13.2 Å². The van der Waals surface area contributed by atoms with Crippen LogP contribution < -0.4 is 5.32 Å². The summed E-state index contributed by atoms with van der Waals surface area (Å²) in [5.74, 6) is 2.74. The Bertz CT molecular complexity index is 213. The number of hydrogen-bond donors (Lipinski definition) is 2. The summed E-state index contributed by atoms with van der Waals surface area (Å²) in [7, 11) is 0. The number of hydrogen-bond acceptors (Lipinski definition) is 2. The highest BCUT2D eigenvalue weighted by Crippen LogP contribution is 2.35. The third kappa shape index (κ3) is 3.52. The molecule has 15 heavy (non-hydrogen) atoms. The van der Waals surface area contributed by atoms with Gasteiger partial charge in [-0.15, -0.1) is 6.42 Å². The first-order chi connectivity index (χ1) is 7.26. The summed E-state index contributed by atoms with van der Waals surface area (Å²) in [5, 5.41) is 12.9. The van der Waals surface area contributed by atoms with Crippen LogP contribution in [0.3, 0.4) is 0 Å². The quantitative estimate of drug-likeness (QED) is 0.678. The zero-order valence-corrected chi connectivity index (χ0v) is 9.76. The third-order valence-corrected chi connectivity index (χ3v) is 3.58. The van der Waals surface area contributed by atoms with Crippen molar-refractivity contribution >= 4 is 0 Å². The smallest absolute Gasteiger partial charge is 0.0684 e. The molecule has 0 aromatic heterocycles. The molecule has 0 bridgehead atoms. The van der Waals surface area contributed by atoms with Gasteiger partial charge in [0, 0.05) is 18.6 Å². The molecule has 1 rings (SSSR count). The van der Waals surface area contributed by atoms with E-state index >= 15 is 0 Å². The molecule has 0 radical (unpaired) electrons. The predicted molar refractivity (Wildman–Crippen MR) is 63.5 cm³/mol. The van der Waals surface area contributed by atoms with E-state index in [0.717, 1.165) is 25.8 Å². The molecule has 2 N–H and O–H groups in total. The van der Waals surface area contributed by atoms with Gasteiger partial charge in [-0.2, -0.15) is 0 Å². The monoisotopic (exact) mass is 209 g/mol. The Morgan fingerprint density at radius 2 is 2.07 bits per heavy atom. The number of aliphatic hydroxyl groups excluding tert-OH is 1. The lowest BCUT2D eigenvalue weighted by molar-refractivity contribution is 0.0799. The molecule has 2 heteroatoms. The topological polar surface area (TPSA) is 32.3 Å². The van der Waals surface area contributed by atoms with E-state index in [1.165, 1.54) is 19.3 Å². The lowest BCUT2D eigenvalue weighted by Crippen LogP contribution is -2.42. The molecule has 0 aromatic rings. The maximum absolute atomic E-state index is 9.51. The maximum atomic E-state index is 9.51. The van der Waals surface area contributed by atoms with E-state index in [1.54, 1.807) is 0 Å². The van der Waals surface area contributed by atoms with Crippen LogP contribution in [0.25, 0.3) is 0 Å². The summed E-state index contributed by atoms with van der Waals surface area (Å²) in [6, 6.07) is 0.162. The predicted octanol–water partition coefficient (Wildman–Crippen LogP) is 1.93. The largest absolute Gasteiger partial charge is 0.396 e. The molecule has 1 unspecified atom stereocenters. The molecular weight excluding hydrogens is 186 g/mol. The lowest BCUT2D eigenvalue weighted by atomic mass is 9.74. The van der Waals surface area contributed by atoms with E-state index in [0.29, 0.717) is 6.61 Å². The van der Waals surface area contributed by atoms with E-state index < -0.39 is 0 Å². The minimum absolute atomic E-state index is 0.0997. The molecule has 86 valence electrons. The molecule has 0 aromatic carbocycles. The molecule has 1 aliphatic carbocycles. The van der Waals surface area contributed by atoms with Crippen molar-refractivity contribution < 1.29 is 5.11 Å². The van der Waals surface area contributed by atoms with Crippen LogP contribution in [0.4, 0.5) is 0 Å². The van der Waals surface area contributed by atoms with E-state index in [4.69, 9.17) is 6.42 Å². The SMILES string of the molecule is C#CC(CC)NCC1(CO)CCCCC1. The summed E-state index contributed by atoms with van der Waals surface area (Å²) < 4.78 is 0. The second-order valence-electron chi connectivity index (χ2n) is 4.73. The molecule has 0 amide bonds. The fourth-order valence-electron chi connectivity index (χ4n) is 2.35. The van der Waals surface area contributed by atoms with Crippen molar-refractivity contribution in [2.45, 2.75) is 51.5 Å². The fraction of sp³-hybridized carbons (Fsp3) is 0.846. The van der Waals surface area contributed by atoms with Crippen LogP contribution in [0.15, 0.2) is 0 Å². The Kier molecular flexibility index (Phi) is 5.14. The lowest BCUT2D eigenvalue weighted by Gasteiger charge is -2.36. The molecule has 1 fully saturated rings. The number of rotatable bonds is 5. The van der Waals surface area contributed by atoms with Gasteiger partial charge in [-0.1, -0.05) is 32.1 Å². The van der Waals surface area contributed by atoms with Crippen LogP contribution >= 0.6 is 0 Å². The Balaban J connectivity index is 2.42. The highest BCUT2D eigenvalue weighted by Gasteiger charge is 2.31. The van der Waals surface area contributed by atoms with Gasteiger partial charge in [-0.05, 0) is 19.3 Å². The number of aliphatic hydroxyl groups is 1. The molecule has 0 heterocycles. The van der Waals surface area contributed by atoms with Crippen molar-refractivity contribution in [1.82, 2.24) is 5.32 Å². The standard InChI is InChI=1S/C13H23NO/c1-3-12(4-2)14-10-13(11-15)8-6-5-7-9-13/h1,12,14-15H,4-11H2,2H3. The molecule has 0 saturated heterocycles. The van der Waals surface area contributed by atoms with Gasteiger partial charge in [0.25, 0.3) is 0 Å². The average Bonchev–Trinajstić information content (AvgIpc) is 2.31. The first-order valence-corrected chi connectivity index (χ1v) is 6.07. The van der Waals surface area contributed by atoms with Crippen molar-refractivity contribution in [3.05, 3.63) is 0 Å². The van der Waals surface area contributed by atoms with Crippen LogP contribution in [0.5, 0.6) is 0 Å². The molecule has 1 saturated carbocycles. The van der Waals surface area contributed by atoms with E-state index in [1.807, 2.05) is 0 Å². The summed E-state index contributed by atoms with van der Waals surface area (Å²) in [6.45, 7) is 3.25. The second-order valence-corrected chi connectivity index (χ2v) is 4.73. The van der Waals surface area contributed by atoms with Crippen molar-refractivity contribution in [3.8, 4) is 12.3 Å². The maximum Gasteiger partial charge on any atom is 0.0684 e. The van der Waals surface area contributed by atoms with Gasteiger partial charge in [-0.25, -0.2) is 0 Å². The van der Waals surface area contributed by atoms with Crippen LogP contribution in [-0.2, 0) is 0 Å². The zero-order valence-electron chi connectivity index (χ0n) is 9.76. The first-order valence-electron chi connectivity index (χ1n) is 6.07. The number of terminal acetylenes is 1. The summed E-state index contributed by atoms with van der Waals surface area (Å²) in [4.78, 5) is 0. The van der Waals surface area contributed by atoms with Gasteiger partial charge in [-0.3, -0.25) is 0 Å². The Labute approximate surface area is 93.5 Å². The summed E-state index contributed by atoms with van der Waals surface area (Å²) in [5.41, 5.74) is 0.0997. The van der Waals surface area contributed by atoms with Crippen LogP contribution in [0.2, 0.25) is 0 Å². The summed E-state index contributed by atoms with van der Waals surface area (Å²) >= 11 is 0. The van der Waals surface area contributed by atoms with E-state index in [2.05, 4.69) is 18.2 Å². The molecule has 0 spiro atoms. The Morgan fingerprint density at radius 1 is 1.40 bits per heavy atom. The first kappa shape index (κ1) is 12.5. The van der Waals surface area contributed by atoms with Gasteiger partial charge in [0.2, 0.25) is 0 Å². The highest BCUT2D eigenvalue weighted by molar-refractivity contribution is 4.99. The Morgan fingerprint density at radius 3 is 2.53 bits per heavy atom. The van der Waals surface area contributed by atoms with Gasteiger partial charge in [0.15, 0.2) is 0 Å². The van der Waals surface area contributed by atoms with Crippen LogP contribution in [0, 0.1) is 17.8 Å². The van der Waals surface area contributed by atoms with Gasteiger partial charge >= 0.3 is 0 Å². The van der Waals surface area contributed by atoms with Crippen LogP contribution in [-0.4, -0.2) is 24.3 Å². The molecule has 1 aliphatic rings. The molecule has 0 aliphatic heterocycles. The molecule has 2 nitrogen and oxygen atoms in total. The normalized spacial score (nSPS) is 21.9. The Hall–Kier alpha value is -0.520. The fourth-order valence-corrected chi connectivity index (χ4v) is 2.35. The van der Waals surface area contributed by atoms with E-state index in [9.17, 15) is 5.11 Å². The van der Waals surface area contributed by atoms with E-state index in [-0.39, 0.29) is 11.5 Å².